The molecular weight excluding hydrogens is 439 g/mol. The van der Waals surface area contributed by atoms with Crippen LogP contribution in [0.25, 0.3) is 0 Å². The zero-order chi connectivity index (χ0) is 23.1. The second-order valence-electron chi connectivity index (χ2n) is 5.45. The highest BCUT2D eigenvalue weighted by molar-refractivity contribution is 5.83. The van der Waals surface area contributed by atoms with Gasteiger partial charge in [0.2, 0.25) is 0 Å². The molecule has 0 bridgehead atoms. The summed E-state index contributed by atoms with van der Waals surface area (Å²) in [5.74, 6) is -40.1. The van der Waals surface area contributed by atoms with Crippen LogP contribution in [0.5, 0.6) is 0 Å². The Bertz CT molecular complexity index is 608. The Morgan fingerprint density at radius 3 is 1.46 bits per heavy atom. The lowest BCUT2D eigenvalue weighted by Crippen LogP contribution is -2.70. The molecule has 166 valence electrons. The zero-order valence-corrected chi connectivity index (χ0v) is 12.9. The Balaban J connectivity index is 5.98. The molecule has 0 aliphatic rings. The fraction of sp³-hybridized carbons (Fsp3) is 0.750. The van der Waals surface area contributed by atoms with Gasteiger partial charge in [0, 0.05) is 6.42 Å². The van der Waals surface area contributed by atoms with Gasteiger partial charge >= 0.3 is 35.8 Å². The number of carboxylic acid groups (broad SMARTS) is 1. The molecule has 0 radical (unpaired) electrons. The number of carbonyl (C=O) groups is 1. The van der Waals surface area contributed by atoms with Crippen LogP contribution >= 0.6 is 0 Å². The maximum absolute atomic E-state index is 13.4. The minimum atomic E-state index is -8.04. The van der Waals surface area contributed by atoms with Crippen molar-refractivity contribution < 1.29 is 72.1 Å². The van der Waals surface area contributed by atoms with Gasteiger partial charge in [0.15, 0.2) is 0 Å². The number of alkyl halides is 13. The number of aliphatic carboxylic acids is 1. The van der Waals surface area contributed by atoms with E-state index in [0.717, 1.165) is 0 Å². The quantitative estimate of drug-likeness (QED) is 0.437. The predicted molar refractivity (Wildman–Crippen MR) is 60.2 cm³/mol. The van der Waals surface area contributed by atoms with E-state index in [1.165, 1.54) is 0 Å². The van der Waals surface area contributed by atoms with Gasteiger partial charge in [0.25, 0.3) is 0 Å². The van der Waals surface area contributed by atoms with Crippen molar-refractivity contribution in [3.8, 4) is 0 Å². The molecule has 0 aliphatic heterocycles. The van der Waals surface area contributed by atoms with Crippen molar-refractivity contribution in [1.29, 1.82) is 0 Å². The lowest BCUT2D eigenvalue weighted by molar-refractivity contribution is -0.440. The number of carbonyl (C=O) groups excluding carboxylic acids is 1. The summed E-state index contributed by atoms with van der Waals surface area (Å²) in [7, 11) is 0. The minimum Gasteiger partial charge on any atom is -0.545 e. The van der Waals surface area contributed by atoms with Gasteiger partial charge in [-0.05, 0) is 12.0 Å². The minimum absolute atomic E-state index is 1.23. The highest BCUT2D eigenvalue weighted by Gasteiger charge is 2.90. The number of aliphatic hydroxyl groups is 1. The van der Waals surface area contributed by atoms with Crippen LogP contribution in [0.2, 0.25) is 0 Å². The van der Waals surface area contributed by atoms with E-state index in [2.05, 4.69) is 6.58 Å². The van der Waals surface area contributed by atoms with Crippen molar-refractivity contribution in [2.75, 3.05) is 0 Å². The van der Waals surface area contributed by atoms with E-state index >= 15 is 0 Å². The van der Waals surface area contributed by atoms with Crippen LogP contribution in [0, 0.1) is 0 Å². The van der Waals surface area contributed by atoms with Gasteiger partial charge in [0.1, 0.15) is 0 Å². The first-order valence-corrected chi connectivity index (χ1v) is 6.50. The van der Waals surface area contributed by atoms with Crippen LogP contribution in [-0.2, 0) is 4.79 Å². The molecule has 1 unspecified atom stereocenters. The molecule has 0 rings (SSSR count). The van der Waals surface area contributed by atoms with Crippen molar-refractivity contribution in [1.82, 2.24) is 0 Å². The number of rotatable bonds is 9. The molecule has 0 aromatic carbocycles. The van der Waals surface area contributed by atoms with Gasteiger partial charge in [-0.3, -0.25) is 0 Å². The SMILES string of the molecule is C=C(CC(O)CC(F)(F)C(F)(F)C(F)(F)C(F)(F)C(F)(F)C(F)(F)F)C(=O)[O-]. The molecule has 28 heavy (non-hydrogen) atoms. The monoisotopic (exact) mass is 447 g/mol. The number of halogens is 13. The number of aliphatic hydroxyl groups excluding tert-OH is 1. The van der Waals surface area contributed by atoms with E-state index in [4.69, 9.17) is 5.11 Å². The van der Waals surface area contributed by atoms with Gasteiger partial charge in [-0.15, -0.1) is 0 Å². The third kappa shape index (κ3) is 4.15. The van der Waals surface area contributed by atoms with Crippen molar-refractivity contribution >= 4 is 5.97 Å². The molecule has 0 amide bonds. The molecule has 0 aliphatic carbocycles. The molecular formula is C12H8F13O3-. The highest BCUT2D eigenvalue weighted by atomic mass is 19.4. The van der Waals surface area contributed by atoms with E-state index in [1.54, 1.807) is 0 Å². The lowest BCUT2D eigenvalue weighted by atomic mass is 9.90. The summed E-state index contributed by atoms with van der Waals surface area (Å²) in [5, 5.41) is 19.2. The van der Waals surface area contributed by atoms with Gasteiger partial charge in [0.05, 0.1) is 12.1 Å². The van der Waals surface area contributed by atoms with Gasteiger partial charge in [-0.2, -0.15) is 57.1 Å². The fourth-order valence-corrected chi connectivity index (χ4v) is 1.67. The van der Waals surface area contributed by atoms with E-state index in [-0.39, 0.29) is 0 Å². The number of carboxylic acids is 1. The third-order valence-corrected chi connectivity index (χ3v) is 3.26. The Morgan fingerprint density at radius 1 is 0.786 bits per heavy atom. The molecule has 16 heteroatoms. The van der Waals surface area contributed by atoms with E-state index in [9.17, 15) is 67.0 Å². The maximum atomic E-state index is 13.4. The first kappa shape index (κ1) is 26.3. The summed E-state index contributed by atoms with van der Waals surface area (Å²) in [6, 6.07) is 0. The number of hydrogen-bond acceptors (Lipinski definition) is 3. The molecule has 0 aromatic rings. The molecule has 0 fully saturated rings. The normalized spacial score (nSPS) is 16.1. The molecule has 0 saturated heterocycles. The van der Waals surface area contributed by atoms with Crippen LogP contribution in [0.15, 0.2) is 12.2 Å². The van der Waals surface area contributed by atoms with Crippen LogP contribution in [-0.4, -0.2) is 53.0 Å². The lowest BCUT2D eigenvalue weighted by Gasteiger charge is -2.40. The van der Waals surface area contributed by atoms with Crippen LogP contribution < -0.4 is 5.11 Å². The first-order chi connectivity index (χ1) is 12.0. The van der Waals surface area contributed by atoms with Gasteiger partial charge in [-0.25, -0.2) is 0 Å². The van der Waals surface area contributed by atoms with Gasteiger partial charge in [-0.1, -0.05) is 6.58 Å². The van der Waals surface area contributed by atoms with E-state index in [1.807, 2.05) is 0 Å². The topological polar surface area (TPSA) is 60.4 Å². The van der Waals surface area contributed by atoms with Crippen LogP contribution in [0.4, 0.5) is 57.1 Å². The van der Waals surface area contributed by atoms with Crippen molar-refractivity contribution in [2.45, 2.75) is 54.7 Å². The molecule has 1 N–H and O–H groups in total. The average Bonchev–Trinajstić information content (AvgIpc) is 2.44. The highest BCUT2D eigenvalue weighted by Crippen LogP contribution is 2.60. The summed E-state index contributed by atoms with van der Waals surface area (Å²) >= 11 is 0. The molecule has 0 heterocycles. The molecule has 1 atom stereocenters. The van der Waals surface area contributed by atoms with Crippen LogP contribution in [0.1, 0.15) is 12.8 Å². The summed E-state index contributed by atoms with van der Waals surface area (Å²) < 4.78 is 166. The Kier molecular flexibility index (Phi) is 6.81. The summed E-state index contributed by atoms with van der Waals surface area (Å²) in [4.78, 5) is 10.2. The third-order valence-electron chi connectivity index (χ3n) is 3.26. The Labute approximate surface area is 146 Å². The second-order valence-corrected chi connectivity index (χ2v) is 5.45. The Morgan fingerprint density at radius 2 is 1.14 bits per heavy atom. The maximum Gasteiger partial charge on any atom is 0.460 e. The van der Waals surface area contributed by atoms with Crippen molar-refractivity contribution in [3.05, 3.63) is 12.2 Å². The Hall–Kier alpha value is -1.74. The first-order valence-electron chi connectivity index (χ1n) is 6.50. The largest absolute Gasteiger partial charge is 0.545 e. The number of hydrogen-bond donors (Lipinski definition) is 1. The molecule has 3 nitrogen and oxygen atoms in total. The zero-order valence-electron chi connectivity index (χ0n) is 12.9. The standard InChI is InChI=1S/C12H9F13O3/c1-4(6(27)28)2-5(26)3-7(13,14)8(15,16)9(17,18)10(19,20)11(21,22)12(23,24)25/h5,26H,1-3H2,(H,27,28)/p-1. The second kappa shape index (κ2) is 7.26. The molecule has 0 saturated carbocycles. The fourth-order valence-electron chi connectivity index (χ4n) is 1.67. The van der Waals surface area contributed by atoms with Crippen LogP contribution in [0.3, 0.4) is 0 Å². The molecule has 0 aromatic heterocycles. The van der Waals surface area contributed by atoms with Gasteiger partial charge < -0.3 is 15.0 Å². The van der Waals surface area contributed by atoms with Crippen molar-refractivity contribution in [2.24, 2.45) is 0 Å². The van der Waals surface area contributed by atoms with E-state index in [0.29, 0.717) is 0 Å². The molecule has 0 spiro atoms. The summed E-state index contributed by atoms with van der Waals surface area (Å²) in [6.07, 6.45) is -14.9. The van der Waals surface area contributed by atoms with E-state index < -0.39 is 66.3 Å². The summed E-state index contributed by atoms with van der Waals surface area (Å²) in [5.41, 5.74) is -1.23. The average molecular weight is 447 g/mol. The predicted octanol–water partition coefficient (Wildman–Crippen LogP) is 3.17. The van der Waals surface area contributed by atoms with Crippen molar-refractivity contribution in [3.63, 3.8) is 0 Å². The summed E-state index contributed by atoms with van der Waals surface area (Å²) in [6.45, 7) is 2.59. The smallest absolute Gasteiger partial charge is 0.460 e.